The summed E-state index contributed by atoms with van der Waals surface area (Å²) in [6.45, 7) is 9.89. The highest BCUT2D eigenvalue weighted by atomic mass is 127. The summed E-state index contributed by atoms with van der Waals surface area (Å²) in [5.41, 5.74) is 1.75. The van der Waals surface area contributed by atoms with E-state index >= 15 is 0 Å². The van der Waals surface area contributed by atoms with Gasteiger partial charge in [0.1, 0.15) is 5.82 Å². The average molecular weight is 507 g/mol. The van der Waals surface area contributed by atoms with Gasteiger partial charge in [0.25, 0.3) is 0 Å². The van der Waals surface area contributed by atoms with Gasteiger partial charge >= 0.3 is 0 Å². The van der Waals surface area contributed by atoms with Crippen LogP contribution in [0, 0.1) is 5.82 Å². The molecule has 0 bridgehead atoms. The van der Waals surface area contributed by atoms with E-state index in [-0.39, 0.29) is 35.3 Å². The number of benzene rings is 1. The zero-order valence-corrected chi connectivity index (χ0v) is 20.0. The normalized spacial score (nSPS) is 16.0. The van der Waals surface area contributed by atoms with Gasteiger partial charge in [-0.2, -0.15) is 0 Å². The minimum absolute atomic E-state index is 0. The Morgan fingerprint density at radius 2 is 1.93 bits per heavy atom. The number of halogens is 2. The Bertz CT molecular complexity index is 633. The van der Waals surface area contributed by atoms with E-state index in [0.29, 0.717) is 18.7 Å². The second kappa shape index (κ2) is 11.9. The van der Waals surface area contributed by atoms with Crippen LogP contribution in [0.2, 0.25) is 0 Å². The molecule has 0 aliphatic carbocycles. The van der Waals surface area contributed by atoms with Gasteiger partial charge in [-0.25, -0.2) is 4.39 Å². The molecule has 1 aliphatic heterocycles. The first kappa shape index (κ1) is 25.1. The molecule has 1 heterocycles. The first-order valence-electron chi connectivity index (χ1n) is 9.51. The van der Waals surface area contributed by atoms with Gasteiger partial charge in [-0.3, -0.25) is 9.89 Å². The lowest BCUT2D eigenvalue weighted by atomic mass is 10.0. The number of nitrogens with one attached hydrogen (secondary N) is 2. The summed E-state index contributed by atoms with van der Waals surface area (Å²) >= 11 is 0. The highest BCUT2D eigenvalue weighted by molar-refractivity contribution is 14.0. The van der Waals surface area contributed by atoms with Crippen molar-refractivity contribution < 1.29 is 9.13 Å². The summed E-state index contributed by atoms with van der Waals surface area (Å²) in [5, 5.41) is 6.73. The Kier molecular flexibility index (Phi) is 10.6. The van der Waals surface area contributed by atoms with Crippen molar-refractivity contribution in [2.45, 2.75) is 32.5 Å². The van der Waals surface area contributed by atoms with E-state index in [0.717, 1.165) is 44.4 Å². The number of morpholine rings is 1. The standard InChI is InChI=1S/C20H34FN5O.HI/c1-20(2,26-8-10-27-11-9-26)15-24-19(22-3)23-13-16-6-7-18(21)17(12-16)14-25(4)5;/h6-7,12H,8-11,13-15H2,1-5H3,(H2,22,23,24);1H. The Hall–Kier alpha value is -0.970. The van der Waals surface area contributed by atoms with Crippen LogP contribution < -0.4 is 10.6 Å². The molecule has 8 heteroatoms. The number of rotatable bonds is 7. The fourth-order valence-electron chi connectivity index (χ4n) is 3.19. The fourth-order valence-corrected chi connectivity index (χ4v) is 3.19. The SMILES string of the molecule is CN=C(NCc1ccc(F)c(CN(C)C)c1)NCC(C)(C)N1CCOCC1.I. The summed E-state index contributed by atoms with van der Waals surface area (Å²) in [4.78, 5) is 8.71. The lowest BCUT2D eigenvalue weighted by molar-refractivity contribution is -0.00834. The molecule has 6 nitrogen and oxygen atoms in total. The van der Waals surface area contributed by atoms with Crippen molar-refractivity contribution in [2.75, 3.05) is 54.0 Å². The molecular formula is C20H35FIN5O. The van der Waals surface area contributed by atoms with Gasteiger partial charge in [0.05, 0.1) is 13.2 Å². The summed E-state index contributed by atoms with van der Waals surface area (Å²) in [6.07, 6.45) is 0. The van der Waals surface area contributed by atoms with Gasteiger partial charge in [-0.1, -0.05) is 6.07 Å². The topological polar surface area (TPSA) is 52.1 Å². The van der Waals surface area contributed by atoms with Crippen LogP contribution in [0.3, 0.4) is 0 Å². The predicted molar refractivity (Wildman–Crippen MR) is 124 cm³/mol. The summed E-state index contributed by atoms with van der Waals surface area (Å²) in [6, 6.07) is 5.26. The van der Waals surface area contributed by atoms with Crippen LogP contribution in [0.25, 0.3) is 0 Å². The van der Waals surface area contributed by atoms with Crippen molar-refractivity contribution in [3.8, 4) is 0 Å². The molecule has 1 saturated heterocycles. The number of aliphatic imine (C=N–C) groups is 1. The third-order valence-corrected chi connectivity index (χ3v) is 4.84. The summed E-state index contributed by atoms with van der Waals surface area (Å²) in [5.74, 6) is 0.581. The van der Waals surface area contributed by atoms with Crippen LogP contribution in [0.15, 0.2) is 23.2 Å². The van der Waals surface area contributed by atoms with Gasteiger partial charge in [-0.15, -0.1) is 24.0 Å². The quantitative estimate of drug-likeness (QED) is 0.337. The van der Waals surface area contributed by atoms with Gasteiger partial charge in [0, 0.05) is 50.9 Å². The second-order valence-electron chi connectivity index (χ2n) is 7.85. The van der Waals surface area contributed by atoms with Crippen molar-refractivity contribution in [1.82, 2.24) is 20.4 Å². The van der Waals surface area contributed by atoms with Crippen LogP contribution in [-0.4, -0.2) is 75.3 Å². The lowest BCUT2D eigenvalue weighted by Gasteiger charge is -2.41. The first-order valence-corrected chi connectivity index (χ1v) is 9.51. The van der Waals surface area contributed by atoms with E-state index in [9.17, 15) is 4.39 Å². The van der Waals surface area contributed by atoms with Crippen molar-refractivity contribution >= 4 is 29.9 Å². The lowest BCUT2D eigenvalue weighted by Crippen LogP contribution is -2.56. The van der Waals surface area contributed by atoms with Crippen LogP contribution in [0.4, 0.5) is 4.39 Å². The maximum Gasteiger partial charge on any atom is 0.191 e. The molecule has 0 atom stereocenters. The van der Waals surface area contributed by atoms with Gasteiger partial charge < -0.3 is 20.3 Å². The number of nitrogens with zero attached hydrogens (tertiary/aromatic N) is 3. The van der Waals surface area contributed by atoms with Crippen LogP contribution in [0.5, 0.6) is 0 Å². The highest BCUT2D eigenvalue weighted by Crippen LogP contribution is 2.15. The Morgan fingerprint density at radius 1 is 1.25 bits per heavy atom. The monoisotopic (exact) mass is 507 g/mol. The molecular weight excluding hydrogens is 472 g/mol. The molecule has 160 valence electrons. The minimum atomic E-state index is -0.165. The molecule has 2 N–H and O–H groups in total. The molecule has 2 rings (SSSR count). The Balaban J connectivity index is 0.00000392. The zero-order valence-electron chi connectivity index (χ0n) is 17.7. The predicted octanol–water partition coefficient (Wildman–Crippen LogP) is 2.28. The molecule has 1 aromatic rings. The van der Waals surface area contributed by atoms with Gasteiger partial charge in [-0.05, 0) is 45.6 Å². The summed E-state index contributed by atoms with van der Waals surface area (Å²) in [7, 11) is 5.64. The highest BCUT2D eigenvalue weighted by Gasteiger charge is 2.28. The van der Waals surface area contributed by atoms with E-state index in [1.165, 1.54) is 6.07 Å². The third-order valence-electron chi connectivity index (χ3n) is 4.84. The van der Waals surface area contributed by atoms with E-state index in [1.807, 2.05) is 31.1 Å². The zero-order chi connectivity index (χ0) is 19.9. The molecule has 1 aromatic carbocycles. The molecule has 1 fully saturated rings. The Morgan fingerprint density at radius 3 is 2.54 bits per heavy atom. The van der Waals surface area contributed by atoms with Crippen molar-refractivity contribution in [3.63, 3.8) is 0 Å². The van der Waals surface area contributed by atoms with E-state index < -0.39 is 0 Å². The minimum Gasteiger partial charge on any atom is -0.379 e. The molecule has 0 spiro atoms. The van der Waals surface area contributed by atoms with Crippen LogP contribution >= 0.6 is 24.0 Å². The van der Waals surface area contributed by atoms with Crippen LogP contribution in [-0.2, 0) is 17.8 Å². The van der Waals surface area contributed by atoms with Gasteiger partial charge in [0.15, 0.2) is 5.96 Å². The molecule has 0 saturated carbocycles. The van der Waals surface area contributed by atoms with E-state index in [2.05, 4.69) is 34.4 Å². The maximum absolute atomic E-state index is 13.9. The second-order valence-corrected chi connectivity index (χ2v) is 7.85. The van der Waals surface area contributed by atoms with Crippen molar-refractivity contribution in [3.05, 3.63) is 35.1 Å². The number of hydrogen-bond acceptors (Lipinski definition) is 4. The molecule has 0 radical (unpaired) electrons. The largest absolute Gasteiger partial charge is 0.379 e. The van der Waals surface area contributed by atoms with E-state index in [4.69, 9.17) is 4.74 Å². The first-order chi connectivity index (χ1) is 12.8. The average Bonchev–Trinajstić information content (AvgIpc) is 2.64. The molecule has 0 aromatic heterocycles. The van der Waals surface area contributed by atoms with Crippen molar-refractivity contribution in [1.29, 1.82) is 0 Å². The van der Waals surface area contributed by atoms with Crippen molar-refractivity contribution in [2.24, 2.45) is 4.99 Å². The van der Waals surface area contributed by atoms with Gasteiger partial charge in [0.2, 0.25) is 0 Å². The number of guanidine groups is 1. The smallest absolute Gasteiger partial charge is 0.191 e. The Labute approximate surface area is 185 Å². The third kappa shape index (κ3) is 7.81. The molecule has 0 amide bonds. The summed E-state index contributed by atoms with van der Waals surface area (Å²) < 4.78 is 19.4. The van der Waals surface area contributed by atoms with E-state index in [1.54, 1.807) is 7.05 Å². The fraction of sp³-hybridized carbons (Fsp3) is 0.650. The van der Waals surface area contributed by atoms with Crippen LogP contribution in [0.1, 0.15) is 25.0 Å². The molecule has 28 heavy (non-hydrogen) atoms. The maximum atomic E-state index is 13.9. The number of hydrogen-bond donors (Lipinski definition) is 2. The number of ether oxygens (including phenoxy) is 1. The molecule has 0 unspecified atom stereocenters. The molecule has 1 aliphatic rings.